The fraction of sp³-hybridized carbons (Fsp3) is 0.500. The Morgan fingerprint density at radius 1 is 1.50 bits per heavy atom. The summed E-state index contributed by atoms with van der Waals surface area (Å²) in [6.07, 6.45) is 3.07. The fourth-order valence-electron chi connectivity index (χ4n) is 1.30. The smallest absolute Gasteiger partial charge is 0.239 e. The van der Waals surface area contributed by atoms with Crippen LogP contribution in [-0.2, 0) is 4.79 Å². The number of nitrogen functional groups attached to an aromatic ring is 1. The number of hydrogen-bond acceptors (Lipinski definition) is 5. The van der Waals surface area contributed by atoms with Crippen LogP contribution in [0, 0.1) is 0 Å². The molecular formula is C10H17N5O. The van der Waals surface area contributed by atoms with Gasteiger partial charge in [-0.2, -0.15) is 0 Å². The number of likely N-dealkylation sites (N-methyl/N-ethyl adjacent to an activating group) is 2. The van der Waals surface area contributed by atoms with Crippen molar-refractivity contribution in [3.63, 3.8) is 0 Å². The Balaban J connectivity index is 2.70. The number of amides is 1. The van der Waals surface area contributed by atoms with E-state index in [1.807, 2.05) is 18.7 Å². The summed E-state index contributed by atoms with van der Waals surface area (Å²) in [6.45, 7) is 5.40. The Labute approximate surface area is 94.9 Å². The van der Waals surface area contributed by atoms with Crippen molar-refractivity contribution in [1.29, 1.82) is 0 Å². The van der Waals surface area contributed by atoms with Gasteiger partial charge in [-0.15, -0.1) is 0 Å². The Morgan fingerprint density at radius 3 is 2.81 bits per heavy atom. The van der Waals surface area contributed by atoms with Crippen LogP contribution in [0.3, 0.4) is 0 Å². The lowest BCUT2D eigenvalue weighted by molar-refractivity contribution is -0.119. The maximum Gasteiger partial charge on any atom is 0.239 e. The minimum absolute atomic E-state index is 0.0337. The van der Waals surface area contributed by atoms with Crippen molar-refractivity contribution in [1.82, 2.24) is 15.3 Å². The molecule has 0 saturated carbocycles. The van der Waals surface area contributed by atoms with E-state index in [1.54, 1.807) is 6.20 Å². The van der Waals surface area contributed by atoms with E-state index < -0.39 is 0 Å². The zero-order chi connectivity index (χ0) is 12.0. The highest BCUT2D eigenvalue weighted by molar-refractivity contribution is 5.80. The molecule has 0 aliphatic carbocycles. The van der Waals surface area contributed by atoms with E-state index in [1.165, 1.54) is 6.20 Å². The minimum atomic E-state index is -0.0337. The molecule has 0 atom stereocenters. The fourth-order valence-corrected chi connectivity index (χ4v) is 1.30. The molecule has 1 aromatic heterocycles. The van der Waals surface area contributed by atoms with E-state index in [4.69, 9.17) is 5.73 Å². The summed E-state index contributed by atoms with van der Waals surface area (Å²) in [4.78, 5) is 21.3. The first-order valence-corrected chi connectivity index (χ1v) is 5.26. The number of hydrogen-bond donors (Lipinski definition) is 2. The highest BCUT2D eigenvalue weighted by Gasteiger charge is 2.10. The zero-order valence-electron chi connectivity index (χ0n) is 9.60. The largest absolute Gasteiger partial charge is 0.382 e. The molecule has 0 aliphatic heterocycles. The average molecular weight is 223 g/mol. The summed E-state index contributed by atoms with van der Waals surface area (Å²) in [5.74, 6) is 0.939. The lowest BCUT2D eigenvalue weighted by atomic mass is 10.4. The van der Waals surface area contributed by atoms with E-state index in [9.17, 15) is 4.79 Å². The lowest BCUT2D eigenvalue weighted by Gasteiger charge is -2.20. The van der Waals surface area contributed by atoms with Gasteiger partial charge in [-0.3, -0.25) is 9.78 Å². The molecule has 0 saturated heterocycles. The number of nitrogens with one attached hydrogen (secondary N) is 1. The molecule has 1 amide bonds. The predicted octanol–water partition coefficient (Wildman–Crippen LogP) is 0.0212. The van der Waals surface area contributed by atoms with Crippen LogP contribution < -0.4 is 16.0 Å². The van der Waals surface area contributed by atoms with Crippen molar-refractivity contribution in [3.05, 3.63) is 12.4 Å². The van der Waals surface area contributed by atoms with Crippen LogP contribution in [0.25, 0.3) is 0 Å². The maximum absolute atomic E-state index is 11.4. The van der Waals surface area contributed by atoms with Crippen LogP contribution in [0.5, 0.6) is 0 Å². The third kappa shape index (κ3) is 3.38. The van der Waals surface area contributed by atoms with Gasteiger partial charge in [0.1, 0.15) is 11.6 Å². The first-order valence-electron chi connectivity index (χ1n) is 5.26. The highest BCUT2D eigenvalue weighted by Crippen LogP contribution is 2.09. The first kappa shape index (κ1) is 12.2. The number of nitrogens with zero attached hydrogens (tertiary/aromatic N) is 3. The van der Waals surface area contributed by atoms with Gasteiger partial charge in [-0.1, -0.05) is 0 Å². The topological polar surface area (TPSA) is 84.1 Å². The number of nitrogens with two attached hydrogens (primary N) is 1. The van der Waals surface area contributed by atoms with Crippen molar-refractivity contribution in [2.24, 2.45) is 0 Å². The molecule has 88 valence electrons. The van der Waals surface area contributed by atoms with Crippen molar-refractivity contribution in [2.75, 3.05) is 30.3 Å². The molecule has 0 aliphatic rings. The molecule has 0 aromatic carbocycles. The van der Waals surface area contributed by atoms with Crippen LogP contribution in [0.1, 0.15) is 13.8 Å². The van der Waals surface area contributed by atoms with E-state index in [0.717, 1.165) is 0 Å². The predicted molar refractivity (Wildman–Crippen MR) is 63.0 cm³/mol. The van der Waals surface area contributed by atoms with Crippen LogP contribution in [0.2, 0.25) is 0 Å². The van der Waals surface area contributed by atoms with Gasteiger partial charge >= 0.3 is 0 Å². The Kier molecular flexibility index (Phi) is 4.50. The van der Waals surface area contributed by atoms with Gasteiger partial charge in [0.25, 0.3) is 0 Å². The Morgan fingerprint density at radius 2 is 2.25 bits per heavy atom. The summed E-state index contributed by atoms with van der Waals surface area (Å²) in [5.41, 5.74) is 5.54. The van der Waals surface area contributed by atoms with Gasteiger partial charge in [0.05, 0.1) is 18.9 Å². The van der Waals surface area contributed by atoms with Crippen LogP contribution in [0.15, 0.2) is 12.4 Å². The van der Waals surface area contributed by atoms with E-state index in [-0.39, 0.29) is 12.5 Å². The third-order valence-electron chi connectivity index (χ3n) is 2.05. The third-order valence-corrected chi connectivity index (χ3v) is 2.05. The van der Waals surface area contributed by atoms with Crippen LogP contribution >= 0.6 is 0 Å². The van der Waals surface area contributed by atoms with Gasteiger partial charge in [-0.05, 0) is 13.8 Å². The molecule has 1 aromatic rings. The molecular weight excluding hydrogens is 206 g/mol. The number of carbonyl (C=O) groups excluding carboxylic acids is 1. The van der Waals surface area contributed by atoms with Crippen molar-refractivity contribution in [2.45, 2.75) is 13.8 Å². The molecule has 6 heteroatoms. The molecule has 6 nitrogen and oxygen atoms in total. The second-order valence-electron chi connectivity index (χ2n) is 3.27. The minimum Gasteiger partial charge on any atom is -0.382 e. The molecule has 0 spiro atoms. The van der Waals surface area contributed by atoms with Gasteiger partial charge in [0.2, 0.25) is 5.91 Å². The number of rotatable bonds is 5. The quantitative estimate of drug-likeness (QED) is 0.735. The van der Waals surface area contributed by atoms with Crippen LogP contribution in [-0.4, -0.2) is 35.5 Å². The van der Waals surface area contributed by atoms with Gasteiger partial charge in [0, 0.05) is 13.1 Å². The van der Waals surface area contributed by atoms with Crippen LogP contribution in [0.4, 0.5) is 11.6 Å². The normalized spacial score (nSPS) is 9.88. The molecule has 0 radical (unpaired) electrons. The SMILES string of the molecule is CCNC(=O)CN(CC)c1cncc(N)n1. The van der Waals surface area contributed by atoms with Gasteiger partial charge in [-0.25, -0.2) is 4.98 Å². The van der Waals surface area contributed by atoms with Gasteiger partial charge < -0.3 is 16.0 Å². The highest BCUT2D eigenvalue weighted by atomic mass is 16.2. The molecule has 1 heterocycles. The molecule has 16 heavy (non-hydrogen) atoms. The van der Waals surface area contributed by atoms with E-state index in [2.05, 4.69) is 15.3 Å². The molecule has 0 bridgehead atoms. The molecule has 0 fully saturated rings. The lowest BCUT2D eigenvalue weighted by Crippen LogP contribution is -2.37. The molecule has 0 unspecified atom stereocenters. The second kappa shape index (κ2) is 5.89. The molecule has 1 rings (SSSR count). The van der Waals surface area contributed by atoms with E-state index >= 15 is 0 Å². The van der Waals surface area contributed by atoms with E-state index in [0.29, 0.717) is 24.7 Å². The van der Waals surface area contributed by atoms with Gasteiger partial charge in [0.15, 0.2) is 0 Å². The Bertz CT molecular complexity index is 355. The number of anilines is 2. The summed E-state index contributed by atoms with van der Waals surface area (Å²) < 4.78 is 0. The number of carbonyl (C=O) groups is 1. The van der Waals surface area contributed by atoms with Crippen molar-refractivity contribution in [3.8, 4) is 0 Å². The van der Waals surface area contributed by atoms with Crippen molar-refractivity contribution >= 4 is 17.5 Å². The Hall–Kier alpha value is -1.85. The standard InChI is InChI=1S/C10H17N5O/c1-3-13-10(16)7-15(4-2)9-6-12-5-8(11)14-9/h5-6H,3-4,7H2,1-2H3,(H2,11,14)(H,13,16). The second-order valence-corrected chi connectivity index (χ2v) is 3.27. The monoisotopic (exact) mass is 223 g/mol. The first-order chi connectivity index (χ1) is 7.67. The zero-order valence-corrected chi connectivity index (χ0v) is 9.60. The number of aromatic nitrogens is 2. The van der Waals surface area contributed by atoms with Crippen molar-refractivity contribution < 1.29 is 4.79 Å². The molecule has 3 N–H and O–H groups in total. The summed E-state index contributed by atoms with van der Waals surface area (Å²) in [5, 5.41) is 2.73. The summed E-state index contributed by atoms with van der Waals surface area (Å²) in [7, 11) is 0. The maximum atomic E-state index is 11.4. The summed E-state index contributed by atoms with van der Waals surface area (Å²) >= 11 is 0. The summed E-state index contributed by atoms with van der Waals surface area (Å²) in [6, 6.07) is 0. The average Bonchev–Trinajstić information content (AvgIpc) is 2.26.